The van der Waals surface area contributed by atoms with Gasteiger partial charge in [0.15, 0.2) is 17.6 Å². The fourth-order valence-corrected chi connectivity index (χ4v) is 1.64. The molecule has 0 bridgehead atoms. The summed E-state index contributed by atoms with van der Waals surface area (Å²) in [6, 6.07) is 3.24. The molecule has 112 valence electrons. The van der Waals surface area contributed by atoms with Crippen LogP contribution in [-0.2, 0) is 9.53 Å². The first kappa shape index (κ1) is 15.9. The summed E-state index contributed by atoms with van der Waals surface area (Å²) in [5, 5.41) is 0. The first-order valence-corrected chi connectivity index (χ1v) is 6.20. The van der Waals surface area contributed by atoms with Gasteiger partial charge < -0.3 is 23.7 Å². The molecule has 0 saturated carbocycles. The van der Waals surface area contributed by atoms with Gasteiger partial charge in [-0.1, -0.05) is 0 Å². The van der Waals surface area contributed by atoms with E-state index in [1.807, 2.05) is 0 Å². The second kappa shape index (κ2) is 7.47. The molecule has 1 aromatic rings. The van der Waals surface area contributed by atoms with Gasteiger partial charge in [-0.15, -0.1) is 0 Å². The zero-order valence-corrected chi connectivity index (χ0v) is 12.4. The molecule has 1 atom stereocenters. The van der Waals surface area contributed by atoms with E-state index >= 15 is 0 Å². The molecule has 1 unspecified atom stereocenters. The van der Waals surface area contributed by atoms with Gasteiger partial charge in [-0.2, -0.15) is 0 Å². The number of hydrogen-bond donors (Lipinski definition) is 0. The molecular formula is C14H20O6. The van der Waals surface area contributed by atoms with E-state index in [2.05, 4.69) is 0 Å². The molecule has 6 heteroatoms. The van der Waals surface area contributed by atoms with Crippen molar-refractivity contribution in [3.8, 4) is 23.0 Å². The van der Waals surface area contributed by atoms with Crippen molar-refractivity contribution in [2.75, 3.05) is 27.9 Å². The van der Waals surface area contributed by atoms with Gasteiger partial charge in [-0.3, -0.25) is 0 Å². The Kier molecular flexibility index (Phi) is 5.96. The molecule has 0 aliphatic carbocycles. The molecule has 0 fully saturated rings. The van der Waals surface area contributed by atoms with Crippen LogP contribution in [0, 0.1) is 0 Å². The fourth-order valence-electron chi connectivity index (χ4n) is 1.64. The summed E-state index contributed by atoms with van der Waals surface area (Å²) in [5.74, 6) is 1.38. The summed E-state index contributed by atoms with van der Waals surface area (Å²) < 4.78 is 26.0. The van der Waals surface area contributed by atoms with Crippen molar-refractivity contribution >= 4 is 5.97 Å². The van der Waals surface area contributed by atoms with Gasteiger partial charge in [0.05, 0.1) is 27.9 Å². The number of methoxy groups -OCH3 is 3. The molecular weight excluding hydrogens is 264 g/mol. The summed E-state index contributed by atoms with van der Waals surface area (Å²) in [7, 11) is 4.54. The van der Waals surface area contributed by atoms with Crippen molar-refractivity contribution in [1.82, 2.24) is 0 Å². The number of carbonyl (C=O) groups is 1. The SMILES string of the molecule is CCOC(=O)C(C)Oc1cc(OC)c(OC)c(OC)c1. The Labute approximate surface area is 118 Å². The lowest BCUT2D eigenvalue weighted by atomic mass is 10.2. The van der Waals surface area contributed by atoms with Crippen LogP contribution in [0.15, 0.2) is 12.1 Å². The topological polar surface area (TPSA) is 63.2 Å². The smallest absolute Gasteiger partial charge is 0.347 e. The Bertz CT molecular complexity index is 432. The van der Waals surface area contributed by atoms with Crippen LogP contribution >= 0.6 is 0 Å². The normalized spacial score (nSPS) is 11.4. The second-order valence-corrected chi connectivity index (χ2v) is 3.87. The van der Waals surface area contributed by atoms with Crippen LogP contribution in [0.3, 0.4) is 0 Å². The van der Waals surface area contributed by atoms with E-state index in [1.165, 1.54) is 21.3 Å². The third-order valence-electron chi connectivity index (χ3n) is 2.57. The van der Waals surface area contributed by atoms with E-state index in [0.29, 0.717) is 29.6 Å². The molecule has 0 aromatic heterocycles. The monoisotopic (exact) mass is 284 g/mol. The van der Waals surface area contributed by atoms with Crippen LogP contribution in [0.1, 0.15) is 13.8 Å². The molecule has 1 aromatic carbocycles. The lowest BCUT2D eigenvalue weighted by molar-refractivity contribution is -0.150. The Balaban J connectivity index is 2.98. The largest absolute Gasteiger partial charge is 0.493 e. The Morgan fingerprint density at radius 1 is 1.10 bits per heavy atom. The van der Waals surface area contributed by atoms with Gasteiger partial charge in [0.25, 0.3) is 0 Å². The molecule has 0 spiro atoms. The van der Waals surface area contributed by atoms with E-state index < -0.39 is 12.1 Å². The summed E-state index contributed by atoms with van der Waals surface area (Å²) in [6.45, 7) is 3.66. The van der Waals surface area contributed by atoms with E-state index in [4.69, 9.17) is 23.7 Å². The number of benzene rings is 1. The predicted molar refractivity (Wildman–Crippen MR) is 72.8 cm³/mol. The highest BCUT2D eigenvalue weighted by Crippen LogP contribution is 2.40. The van der Waals surface area contributed by atoms with Crippen LogP contribution in [0.25, 0.3) is 0 Å². The van der Waals surface area contributed by atoms with E-state index in [1.54, 1.807) is 26.0 Å². The number of ether oxygens (including phenoxy) is 5. The molecule has 6 nitrogen and oxygen atoms in total. The number of carbonyl (C=O) groups excluding carboxylic acids is 1. The predicted octanol–water partition coefficient (Wildman–Crippen LogP) is 2.04. The minimum atomic E-state index is -0.724. The Hall–Kier alpha value is -2.11. The highest BCUT2D eigenvalue weighted by Gasteiger charge is 2.19. The third-order valence-corrected chi connectivity index (χ3v) is 2.57. The van der Waals surface area contributed by atoms with Gasteiger partial charge >= 0.3 is 5.97 Å². The summed E-state index contributed by atoms with van der Waals surface area (Å²) in [5.41, 5.74) is 0. The summed E-state index contributed by atoms with van der Waals surface area (Å²) >= 11 is 0. The van der Waals surface area contributed by atoms with Crippen molar-refractivity contribution in [3.63, 3.8) is 0 Å². The van der Waals surface area contributed by atoms with Gasteiger partial charge in [-0.25, -0.2) is 4.79 Å². The van der Waals surface area contributed by atoms with Gasteiger partial charge in [0.2, 0.25) is 5.75 Å². The molecule has 0 heterocycles. The van der Waals surface area contributed by atoms with Gasteiger partial charge in [0.1, 0.15) is 5.75 Å². The van der Waals surface area contributed by atoms with Crippen LogP contribution in [-0.4, -0.2) is 40.0 Å². The highest BCUT2D eigenvalue weighted by atomic mass is 16.6. The van der Waals surface area contributed by atoms with E-state index in [-0.39, 0.29) is 0 Å². The van der Waals surface area contributed by atoms with Crippen LogP contribution in [0.4, 0.5) is 0 Å². The van der Waals surface area contributed by atoms with Crippen molar-refractivity contribution in [3.05, 3.63) is 12.1 Å². The maximum Gasteiger partial charge on any atom is 0.347 e. The first-order valence-electron chi connectivity index (χ1n) is 6.20. The molecule has 0 N–H and O–H groups in total. The van der Waals surface area contributed by atoms with Crippen molar-refractivity contribution in [2.45, 2.75) is 20.0 Å². The first-order chi connectivity index (χ1) is 9.57. The molecule has 20 heavy (non-hydrogen) atoms. The summed E-state index contributed by atoms with van der Waals surface area (Å²) in [6.07, 6.45) is -0.724. The minimum absolute atomic E-state index is 0.307. The Morgan fingerprint density at radius 2 is 1.65 bits per heavy atom. The van der Waals surface area contributed by atoms with Crippen LogP contribution < -0.4 is 18.9 Å². The maximum absolute atomic E-state index is 11.5. The molecule has 0 amide bonds. The lowest BCUT2D eigenvalue weighted by Crippen LogP contribution is -2.26. The molecule has 0 aliphatic rings. The van der Waals surface area contributed by atoms with E-state index in [0.717, 1.165) is 0 Å². The number of esters is 1. The Morgan fingerprint density at radius 3 is 2.05 bits per heavy atom. The third kappa shape index (κ3) is 3.69. The fraction of sp³-hybridized carbons (Fsp3) is 0.500. The molecule has 0 aliphatic heterocycles. The lowest BCUT2D eigenvalue weighted by Gasteiger charge is -2.17. The molecule has 0 radical (unpaired) electrons. The average molecular weight is 284 g/mol. The zero-order chi connectivity index (χ0) is 15.1. The van der Waals surface area contributed by atoms with Crippen molar-refractivity contribution < 1.29 is 28.5 Å². The quantitative estimate of drug-likeness (QED) is 0.714. The summed E-state index contributed by atoms with van der Waals surface area (Å²) in [4.78, 5) is 11.5. The molecule has 0 saturated heterocycles. The number of rotatable bonds is 7. The van der Waals surface area contributed by atoms with Gasteiger partial charge in [-0.05, 0) is 13.8 Å². The van der Waals surface area contributed by atoms with Crippen molar-refractivity contribution in [1.29, 1.82) is 0 Å². The second-order valence-electron chi connectivity index (χ2n) is 3.87. The average Bonchev–Trinajstić information content (AvgIpc) is 2.46. The zero-order valence-electron chi connectivity index (χ0n) is 12.4. The maximum atomic E-state index is 11.5. The van der Waals surface area contributed by atoms with E-state index in [9.17, 15) is 4.79 Å². The highest BCUT2D eigenvalue weighted by molar-refractivity contribution is 5.74. The molecule has 1 rings (SSSR count). The number of hydrogen-bond acceptors (Lipinski definition) is 6. The van der Waals surface area contributed by atoms with Crippen LogP contribution in [0.2, 0.25) is 0 Å². The van der Waals surface area contributed by atoms with Crippen LogP contribution in [0.5, 0.6) is 23.0 Å². The van der Waals surface area contributed by atoms with Gasteiger partial charge in [0, 0.05) is 12.1 Å². The van der Waals surface area contributed by atoms with Crippen molar-refractivity contribution in [2.24, 2.45) is 0 Å². The standard InChI is InChI=1S/C14H20O6/c1-6-19-14(15)9(2)20-10-7-11(16-3)13(18-5)12(8-10)17-4/h7-9H,6H2,1-5H3. The minimum Gasteiger partial charge on any atom is -0.493 e.